The molecule has 0 spiro atoms. The van der Waals surface area contributed by atoms with Crippen molar-refractivity contribution in [1.82, 2.24) is 25.8 Å². The number of nitrogens with one attached hydrogen (secondary N) is 3. The molecular formula is C15H19BrN6. The highest BCUT2D eigenvalue weighted by Gasteiger charge is 2.33. The van der Waals surface area contributed by atoms with Gasteiger partial charge in [-0.25, -0.2) is 4.98 Å². The molecule has 2 unspecified atom stereocenters. The summed E-state index contributed by atoms with van der Waals surface area (Å²) in [5, 5.41) is 13.8. The first kappa shape index (κ1) is 15.0. The number of hydrogen-bond acceptors (Lipinski definition) is 3. The fourth-order valence-corrected chi connectivity index (χ4v) is 2.43. The Morgan fingerprint density at radius 3 is 2.77 bits per heavy atom. The van der Waals surface area contributed by atoms with Crippen LogP contribution in [0.5, 0.6) is 0 Å². The second kappa shape index (κ2) is 6.48. The molecule has 7 heteroatoms. The molecule has 0 radical (unpaired) electrons. The van der Waals surface area contributed by atoms with Crippen LogP contribution in [0.4, 0.5) is 0 Å². The van der Waals surface area contributed by atoms with E-state index in [2.05, 4.69) is 53.7 Å². The fourth-order valence-electron chi connectivity index (χ4n) is 2.16. The lowest BCUT2D eigenvalue weighted by molar-refractivity contribution is 0.746. The number of hydrogen-bond donors (Lipinski definition) is 3. The average Bonchev–Trinajstić information content (AvgIpc) is 3.01. The van der Waals surface area contributed by atoms with Crippen LogP contribution in [0.25, 0.3) is 11.4 Å². The van der Waals surface area contributed by atoms with Gasteiger partial charge in [0.2, 0.25) is 0 Å². The van der Waals surface area contributed by atoms with Crippen LogP contribution in [-0.2, 0) is 6.54 Å². The molecule has 1 aromatic carbocycles. The number of rotatable bonds is 4. The molecule has 2 aromatic rings. The van der Waals surface area contributed by atoms with Crippen LogP contribution in [0.15, 0.2) is 33.7 Å². The molecule has 1 aliphatic carbocycles. The highest BCUT2D eigenvalue weighted by Crippen LogP contribution is 2.28. The van der Waals surface area contributed by atoms with Crippen LogP contribution < -0.4 is 10.6 Å². The van der Waals surface area contributed by atoms with Crippen molar-refractivity contribution in [2.24, 2.45) is 10.9 Å². The Labute approximate surface area is 138 Å². The molecule has 1 heterocycles. The first-order chi connectivity index (χ1) is 10.7. The third-order valence-corrected chi connectivity index (χ3v) is 4.24. The summed E-state index contributed by atoms with van der Waals surface area (Å²) in [6.07, 6.45) is 1.21. The lowest BCUT2D eigenvalue weighted by atomic mass is 10.2. The lowest BCUT2D eigenvalue weighted by Crippen LogP contribution is -2.38. The van der Waals surface area contributed by atoms with Gasteiger partial charge in [0.15, 0.2) is 11.8 Å². The zero-order valence-electron chi connectivity index (χ0n) is 12.6. The van der Waals surface area contributed by atoms with Gasteiger partial charge in [-0.1, -0.05) is 35.0 Å². The van der Waals surface area contributed by atoms with Crippen LogP contribution in [0.2, 0.25) is 0 Å². The minimum atomic E-state index is 0.541. The number of H-pyrrole nitrogens is 1. The molecule has 0 aliphatic heterocycles. The van der Waals surface area contributed by atoms with Gasteiger partial charge in [-0.3, -0.25) is 10.1 Å². The number of halogens is 1. The molecule has 3 N–H and O–H groups in total. The summed E-state index contributed by atoms with van der Waals surface area (Å²) >= 11 is 3.42. The van der Waals surface area contributed by atoms with Gasteiger partial charge in [0.25, 0.3) is 0 Å². The Morgan fingerprint density at radius 1 is 1.41 bits per heavy atom. The van der Waals surface area contributed by atoms with E-state index in [9.17, 15) is 0 Å². The van der Waals surface area contributed by atoms with Gasteiger partial charge in [-0.05, 0) is 24.5 Å². The first-order valence-corrected chi connectivity index (χ1v) is 8.09. The molecule has 1 fully saturated rings. The second-order valence-corrected chi connectivity index (χ2v) is 6.42. The summed E-state index contributed by atoms with van der Waals surface area (Å²) in [6.45, 7) is 2.79. The van der Waals surface area contributed by atoms with E-state index in [0.717, 1.165) is 27.7 Å². The molecule has 1 saturated carbocycles. The minimum absolute atomic E-state index is 0.541. The summed E-state index contributed by atoms with van der Waals surface area (Å²) in [4.78, 5) is 8.72. The number of aromatic nitrogens is 3. The zero-order chi connectivity index (χ0) is 15.5. The van der Waals surface area contributed by atoms with Crippen molar-refractivity contribution in [3.63, 3.8) is 0 Å². The van der Waals surface area contributed by atoms with E-state index in [0.29, 0.717) is 18.4 Å². The van der Waals surface area contributed by atoms with E-state index >= 15 is 0 Å². The smallest absolute Gasteiger partial charge is 0.191 e. The van der Waals surface area contributed by atoms with E-state index in [1.165, 1.54) is 6.42 Å². The van der Waals surface area contributed by atoms with Crippen molar-refractivity contribution >= 4 is 21.9 Å². The summed E-state index contributed by atoms with van der Waals surface area (Å²) in [6, 6.07) is 8.47. The highest BCUT2D eigenvalue weighted by molar-refractivity contribution is 9.10. The molecule has 6 nitrogen and oxygen atoms in total. The van der Waals surface area contributed by atoms with Crippen molar-refractivity contribution in [1.29, 1.82) is 0 Å². The Morgan fingerprint density at radius 2 is 2.14 bits per heavy atom. The molecule has 1 aliphatic rings. The molecule has 0 bridgehead atoms. The van der Waals surface area contributed by atoms with E-state index in [1.807, 2.05) is 24.3 Å². The Kier molecular flexibility index (Phi) is 4.42. The number of benzene rings is 1. The topological polar surface area (TPSA) is 78.0 Å². The molecule has 116 valence electrons. The maximum atomic E-state index is 4.50. The zero-order valence-corrected chi connectivity index (χ0v) is 14.2. The quantitative estimate of drug-likeness (QED) is 0.576. The predicted octanol–water partition coefficient (Wildman–Crippen LogP) is 2.31. The Bertz CT molecular complexity index is 663. The van der Waals surface area contributed by atoms with Crippen molar-refractivity contribution < 1.29 is 0 Å². The van der Waals surface area contributed by atoms with E-state index in [1.54, 1.807) is 7.05 Å². The predicted molar refractivity (Wildman–Crippen MR) is 90.4 cm³/mol. The van der Waals surface area contributed by atoms with Gasteiger partial charge in [0.05, 0.1) is 6.54 Å². The van der Waals surface area contributed by atoms with E-state index < -0.39 is 0 Å². The summed E-state index contributed by atoms with van der Waals surface area (Å²) in [7, 11) is 1.77. The van der Waals surface area contributed by atoms with Crippen LogP contribution in [0, 0.1) is 5.92 Å². The SMILES string of the molecule is CN=C(NCc1nc(-c2ccc(Br)cc2)n[nH]1)NC1CC1C. The van der Waals surface area contributed by atoms with Crippen molar-refractivity contribution in [2.45, 2.75) is 25.9 Å². The van der Waals surface area contributed by atoms with Crippen LogP contribution in [0.3, 0.4) is 0 Å². The monoisotopic (exact) mass is 362 g/mol. The third-order valence-electron chi connectivity index (χ3n) is 3.71. The van der Waals surface area contributed by atoms with Crippen molar-refractivity contribution in [3.8, 4) is 11.4 Å². The first-order valence-electron chi connectivity index (χ1n) is 7.30. The highest BCUT2D eigenvalue weighted by atomic mass is 79.9. The largest absolute Gasteiger partial charge is 0.353 e. The average molecular weight is 363 g/mol. The van der Waals surface area contributed by atoms with Gasteiger partial charge in [0, 0.05) is 23.1 Å². The van der Waals surface area contributed by atoms with Crippen LogP contribution in [0.1, 0.15) is 19.2 Å². The summed E-state index contributed by atoms with van der Waals surface area (Å²) < 4.78 is 1.04. The van der Waals surface area contributed by atoms with Crippen LogP contribution in [-0.4, -0.2) is 34.2 Å². The molecular weight excluding hydrogens is 344 g/mol. The maximum Gasteiger partial charge on any atom is 0.191 e. The molecule has 22 heavy (non-hydrogen) atoms. The molecule has 3 rings (SSSR count). The van der Waals surface area contributed by atoms with Crippen molar-refractivity contribution in [3.05, 3.63) is 34.6 Å². The van der Waals surface area contributed by atoms with Gasteiger partial charge < -0.3 is 10.6 Å². The molecule has 1 aromatic heterocycles. The number of nitrogens with zero attached hydrogens (tertiary/aromatic N) is 3. The van der Waals surface area contributed by atoms with Gasteiger partial charge in [-0.2, -0.15) is 5.10 Å². The Hall–Kier alpha value is -1.89. The minimum Gasteiger partial charge on any atom is -0.353 e. The number of aromatic amines is 1. The normalized spacial score (nSPS) is 20.8. The second-order valence-electron chi connectivity index (χ2n) is 5.50. The van der Waals surface area contributed by atoms with E-state index in [-0.39, 0.29) is 0 Å². The molecule has 0 saturated heterocycles. The maximum absolute atomic E-state index is 4.50. The summed E-state index contributed by atoms with van der Waals surface area (Å²) in [5.41, 5.74) is 0.986. The Balaban J connectivity index is 1.58. The number of guanidine groups is 1. The van der Waals surface area contributed by atoms with Crippen molar-refractivity contribution in [2.75, 3.05) is 7.05 Å². The van der Waals surface area contributed by atoms with E-state index in [4.69, 9.17) is 0 Å². The van der Waals surface area contributed by atoms with Crippen LogP contribution >= 0.6 is 15.9 Å². The molecule has 0 amide bonds. The standard InChI is InChI=1S/C15H19BrN6/c1-9-7-12(9)19-15(17-2)18-8-13-20-14(22-21-13)10-3-5-11(16)6-4-10/h3-6,9,12H,7-8H2,1-2H3,(H2,17,18,19)(H,20,21,22). The van der Waals surface area contributed by atoms with Gasteiger partial charge in [0.1, 0.15) is 5.82 Å². The lowest BCUT2D eigenvalue weighted by Gasteiger charge is -2.09. The molecule has 2 atom stereocenters. The fraction of sp³-hybridized carbons (Fsp3) is 0.400. The number of aliphatic imine (C=N–C) groups is 1. The summed E-state index contributed by atoms with van der Waals surface area (Å²) in [5.74, 6) is 3.01. The van der Waals surface area contributed by atoms with Gasteiger partial charge >= 0.3 is 0 Å². The van der Waals surface area contributed by atoms with Gasteiger partial charge in [-0.15, -0.1) is 0 Å². The third kappa shape index (κ3) is 3.65.